The van der Waals surface area contributed by atoms with Gasteiger partial charge in [0.2, 0.25) is 5.91 Å². The fourth-order valence-corrected chi connectivity index (χ4v) is 3.01. The number of anilines is 1. The first-order valence-electron chi connectivity index (χ1n) is 7.06. The average Bonchev–Trinajstić information content (AvgIpc) is 2.95. The van der Waals surface area contributed by atoms with Crippen LogP contribution in [0, 0.1) is 5.92 Å². The summed E-state index contributed by atoms with van der Waals surface area (Å²) in [6.45, 7) is 2.78. The van der Waals surface area contributed by atoms with E-state index in [2.05, 4.69) is 21.0 Å². The number of rotatable bonds is 7. The monoisotopic (exact) mass is 326 g/mol. The Kier molecular flexibility index (Phi) is 5.90. The van der Waals surface area contributed by atoms with Crippen LogP contribution >= 0.6 is 23.3 Å². The molecule has 7 heteroatoms. The largest absolute Gasteiger partial charge is 0.330 e. The molecule has 5 nitrogen and oxygen atoms in total. The van der Waals surface area contributed by atoms with Crippen molar-refractivity contribution in [1.29, 1.82) is 0 Å². The molecule has 0 saturated heterocycles. The van der Waals surface area contributed by atoms with E-state index in [0.29, 0.717) is 35.1 Å². The van der Waals surface area contributed by atoms with Crippen molar-refractivity contribution in [2.45, 2.75) is 32.6 Å². The second kappa shape index (κ2) is 7.68. The summed E-state index contributed by atoms with van der Waals surface area (Å²) in [6, 6.07) is 3.52. The maximum absolute atomic E-state index is 12.1. The Balaban J connectivity index is 2.01. The summed E-state index contributed by atoms with van der Waals surface area (Å²) in [7, 11) is 0. The third kappa shape index (κ3) is 4.12. The Bertz CT molecular complexity index is 616. The summed E-state index contributed by atoms with van der Waals surface area (Å²) < 4.78 is 8.33. The maximum Gasteiger partial charge on any atom is 0.224 e. The molecule has 1 amide bonds. The number of nitrogens with zero attached hydrogens (tertiary/aromatic N) is 2. The normalized spacial score (nSPS) is 12.5. The predicted octanol–water partition coefficient (Wildman–Crippen LogP) is 3.44. The summed E-state index contributed by atoms with van der Waals surface area (Å²) in [5.41, 5.74) is 7.52. The van der Waals surface area contributed by atoms with E-state index in [1.54, 1.807) is 12.1 Å². The molecule has 1 aromatic heterocycles. The molecule has 0 aliphatic rings. The lowest BCUT2D eigenvalue weighted by Crippen LogP contribution is -2.15. The van der Waals surface area contributed by atoms with Crippen molar-refractivity contribution < 1.29 is 4.79 Å². The lowest BCUT2D eigenvalue weighted by molar-refractivity contribution is -0.116. The SMILES string of the molecule is CCC(CCN)CCC(=O)Nc1c(Cl)ccc2nsnc12. The minimum atomic E-state index is -0.0483. The number of carbonyl (C=O) groups excluding carboxylic acids is 1. The minimum Gasteiger partial charge on any atom is -0.330 e. The molecule has 0 aliphatic heterocycles. The Morgan fingerprint density at radius 3 is 2.95 bits per heavy atom. The first-order valence-corrected chi connectivity index (χ1v) is 8.17. The van der Waals surface area contributed by atoms with E-state index in [0.717, 1.165) is 36.5 Å². The van der Waals surface area contributed by atoms with Crippen LogP contribution in [0.15, 0.2) is 12.1 Å². The zero-order valence-electron chi connectivity index (χ0n) is 11.9. The predicted molar refractivity (Wildman–Crippen MR) is 87.7 cm³/mol. The van der Waals surface area contributed by atoms with Crippen LogP contribution in [0.1, 0.15) is 32.6 Å². The van der Waals surface area contributed by atoms with Gasteiger partial charge in [-0.15, -0.1) is 0 Å². The Hall–Kier alpha value is -1.24. The quantitative estimate of drug-likeness (QED) is 0.816. The molecule has 0 fully saturated rings. The summed E-state index contributed by atoms with van der Waals surface area (Å²) in [5.74, 6) is 0.445. The minimum absolute atomic E-state index is 0.0483. The van der Waals surface area contributed by atoms with E-state index >= 15 is 0 Å². The Labute approximate surface area is 133 Å². The van der Waals surface area contributed by atoms with E-state index in [-0.39, 0.29) is 5.91 Å². The van der Waals surface area contributed by atoms with Gasteiger partial charge in [0.05, 0.1) is 22.4 Å². The van der Waals surface area contributed by atoms with Crippen molar-refractivity contribution in [2.24, 2.45) is 11.7 Å². The molecule has 1 heterocycles. The van der Waals surface area contributed by atoms with Gasteiger partial charge in [0, 0.05) is 6.42 Å². The van der Waals surface area contributed by atoms with Gasteiger partial charge in [-0.25, -0.2) is 0 Å². The van der Waals surface area contributed by atoms with Crippen LogP contribution in [0.3, 0.4) is 0 Å². The van der Waals surface area contributed by atoms with Gasteiger partial charge in [0.25, 0.3) is 0 Å². The summed E-state index contributed by atoms with van der Waals surface area (Å²) in [5, 5.41) is 3.35. The molecule has 0 radical (unpaired) electrons. The lowest BCUT2D eigenvalue weighted by Gasteiger charge is -2.13. The van der Waals surface area contributed by atoms with Gasteiger partial charge in [-0.2, -0.15) is 8.75 Å². The molecule has 1 atom stereocenters. The first kappa shape index (κ1) is 16.1. The standard InChI is InChI=1S/C14H19ClN4OS/c1-2-9(7-8-16)3-6-12(20)17-13-10(15)4-5-11-14(13)19-21-18-11/h4-5,9H,2-3,6-8,16H2,1H3,(H,17,20). The number of nitrogens with one attached hydrogen (secondary N) is 1. The molecule has 2 rings (SSSR count). The number of hydrogen-bond donors (Lipinski definition) is 2. The van der Waals surface area contributed by atoms with Gasteiger partial charge >= 0.3 is 0 Å². The van der Waals surface area contributed by atoms with E-state index in [9.17, 15) is 4.79 Å². The van der Waals surface area contributed by atoms with Crippen molar-refractivity contribution in [2.75, 3.05) is 11.9 Å². The Morgan fingerprint density at radius 2 is 2.24 bits per heavy atom. The zero-order valence-corrected chi connectivity index (χ0v) is 13.5. The molecule has 0 spiro atoms. The first-order chi connectivity index (χ1) is 10.2. The van der Waals surface area contributed by atoms with Crippen molar-refractivity contribution in [1.82, 2.24) is 8.75 Å². The fraction of sp³-hybridized carbons (Fsp3) is 0.500. The van der Waals surface area contributed by atoms with Gasteiger partial charge < -0.3 is 11.1 Å². The Morgan fingerprint density at radius 1 is 1.43 bits per heavy atom. The highest BCUT2D eigenvalue weighted by Crippen LogP contribution is 2.30. The van der Waals surface area contributed by atoms with Crippen molar-refractivity contribution in [3.63, 3.8) is 0 Å². The summed E-state index contributed by atoms with van der Waals surface area (Å²) in [4.78, 5) is 12.1. The molecule has 1 unspecified atom stereocenters. The molecule has 114 valence electrons. The van der Waals surface area contributed by atoms with Crippen molar-refractivity contribution in [3.05, 3.63) is 17.2 Å². The highest BCUT2D eigenvalue weighted by atomic mass is 35.5. The number of nitrogens with two attached hydrogens (primary N) is 1. The zero-order chi connectivity index (χ0) is 15.2. The summed E-state index contributed by atoms with van der Waals surface area (Å²) in [6.07, 6.45) is 3.29. The average molecular weight is 327 g/mol. The maximum atomic E-state index is 12.1. The number of aromatic nitrogens is 2. The van der Waals surface area contributed by atoms with Crippen LogP contribution in [0.5, 0.6) is 0 Å². The highest BCUT2D eigenvalue weighted by Gasteiger charge is 2.14. The van der Waals surface area contributed by atoms with Crippen molar-refractivity contribution >= 4 is 46.0 Å². The molecule has 0 saturated carbocycles. The van der Waals surface area contributed by atoms with Crippen LogP contribution in [0.2, 0.25) is 5.02 Å². The van der Waals surface area contributed by atoms with Gasteiger partial charge in [0.1, 0.15) is 11.0 Å². The summed E-state index contributed by atoms with van der Waals surface area (Å²) >= 11 is 7.26. The van der Waals surface area contributed by atoms with Gasteiger partial charge in [-0.3, -0.25) is 4.79 Å². The van der Waals surface area contributed by atoms with Gasteiger partial charge in [0.15, 0.2) is 0 Å². The van der Waals surface area contributed by atoms with E-state index in [1.165, 1.54) is 0 Å². The molecular weight excluding hydrogens is 308 g/mol. The molecular formula is C14H19ClN4OS. The third-order valence-corrected chi connectivity index (χ3v) is 4.43. The smallest absolute Gasteiger partial charge is 0.224 e. The van der Waals surface area contributed by atoms with Crippen LogP contribution in [-0.4, -0.2) is 21.2 Å². The molecule has 0 aliphatic carbocycles. The number of carbonyl (C=O) groups is 1. The van der Waals surface area contributed by atoms with E-state index in [1.807, 2.05) is 0 Å². The third-order valence-electron chi connectivity index (χ3n) is 3.57. The van der Waals surface area contributed by atoms with E-state index in [4.69, 9.17) is 17.3 Å². The molecule has 0 bridgehead atoms. The second-order valence-electron chi connectivity index (χ2n) is 4.99. The molecule has 2 aromatic rings. The molecule has 3 N–H and O–H groups in total. The highest BCUT2D eigenvalue weighted by molar-refractivity contribution is 7.00. The second-order valence-corrected chi connectivity index (χ2v) is 5.93. The number of fused-ring (bicyclic) bond motifs is 1. The lowest BCUT2D eigenvalue weighted by atomic mass is 9.96. The number of benzene rings is 1. The molecule has 1 aromatic carbocycles. The number of halogens is 1. The topological polar surface area (TPSA) is 80.9 Å². The van der Waals surface area contributed by atoms with E-state index < -0.39 is 0 Å². The van der Waals surface area contributed by atoms with Crippen LogP contribution in [0.25, 0.3) is 11.0 Å². The van der Waals surface area contributed by atoms with Crippen molar-refractivity contribution in [3.8, 4) is 0 Å². The van der Waals surface area contributed by atoms with Gasteiger partial charge in [-0.05, 0) is 37.4 Å². The molecule has 21 heavy (non-hydrogen) atoms. The van der Waals surface area contributed by atoms with Crippen LogP contribution in [0.4, 0.5) is 5.69 Å². The fourth-order valence-electron chi connectivity index (χ4n) is 2.27. The van der Waals surface area contributed by atoms with Gasteiger partial charge in [-0.1, -0.05) is 24.9 Å². The number of hydrogen-bond acceptors (Lipinski definition) is 5. The van der Waals surface area contributed by atoms with Crippen LogP contribution in [-0.2, 0) is 4.79 Å². The van der Waals surface area contributed by atoms with Crippen LogP contribution < -0.4 is 11.1 Å². The number of amides is 1.